The Morgan fingerprint density at radius 2 is 2.11 bits per heavy atom. The van der Waals surface area contributed by atoms with Crippen LogP contribution in [0.5, 0.6) is 5.75 Å². The fraction of sp³-hybridized carbons (Fsp3) is 0.417. The zero-order valence-electron chi connectivity index (χ0n) is 10.1. The van der Waals surface area contributed by atoms with E-state index in [0.29, 0.717) is 27.1 Å². The van der Waals surface area contributed by atoms with Crippen LogP contribution < -0.4 is 4.74 Å². The number of hydrogen-bond donors (Lipinski definition) is 1. The minimum Gasteiger partial charge on any atom is -0.495 e. The Morgan fingerprint density at radius 1 is 1.44 bits per heavy atom. The van der Waals surface area contributed by atoms with Crippen molar-refractivity contribution in [2.75, 3.05) is 7.11 Å². The van der Waals surface area contributed by atoms with E-state index in [2.05, 4.69) is 0 Å². The third-order valence-electron chi connectivity index (χ3n) is 2.33. The topological polar surface area (TPSA) is 46.5 Å². The lowest BCUT2D eigenvalue weighted by Crippen LogP contribution is -2.15. The van der Waals surface area contributed by atoms with E-state index < -0.39 is 11.2 Å². The molecule has 0 aliphatic heterocycles. The normalized spacial score (nSPS) is 12.2. The van der Waals surface area contributed by atoms with Crippen molar-refractivity contribution in [3.05, 3.63) is 22.2 Å². The number of carboxylic acid groups (broad SMARTS) is 1. The van der Waals surface area contributed by atoms with Crippen LogP contribution in [0.1, 0.15) is 19.8 Å². The average molecular weight is 309 g/mol. The molecule has 1 aromatic carbocycles. The minimum absolute atomic E-state index is 0.310. The molecule has 1 atom stereocenters. The first-order valence-corrected chi connectivity index (χ1v) is 7.06. The van der Waals surface area contributed by atoms with Crippen LogP contribution in [-0.4, -0.2) is 23.4 Å². The summed E-state index contributed by atoms with van der Waals surface area (Å²) in [4.78, 5) is 11.7. The van der Waals surface area contributed by atoms with Gasteiger partial charge in [0.2, 0.25) is 0 Å². The summed E-state index contributed by atoms with van der Waals surface area (Å²) >= 11 is 13.3. The monoisotopic (exact) mass is 308 g/mol. The van der Waals surface area contributed by atoms with Crippen molar-refractivity contribution in [1.82, 2.24) is 0 Å². The van der Waals surface area contributed by atoms with Crippen LogP contribution in [0.15, 0.2) is 17.0 Å². The Hall–Kier alpha value is -0.580. The fourth-order valence-electron chi connectivity index (χ4n) is 1.41. The summed E-state index contributed by atoms with van der Waals surface area (Å²) in [6, 6.07) is 3.41. The van der Waals surface area contributed by atoms with Gasteiger partial charge in [-0.1, -0.05) is 36.5 Å². The fourth-order valence-corrected chi connectivity index (χ4v) is 3.11. The van der Waals surface area contributed by atoms with Gasteiger partial charge >= 0.3 is 5.97 Å². The molecule has 1 N–H and O–H groups in total. The summed E-state index contributed by atoms with van der Waals surface area (Å²) in [5.74, 6) is -0.363. The van der Waals surface area contributed by atoms with Gasteiger partial charge in [0.15, 0.2) is 0 Å². The van der Waals surface area contributed by atoms with Crippen LogP contribution >= 0.6 is 35.0 Å². The molecule has 1 rings (SSSR count). The Labute approximate surface area is 120 Å². The van der Waals surface area contributed by atoms with Gasteiger partial charge in [-0.2, -0.15) is 0 Å². The molecule has 0 spiro atoms. The van der Waals surface area contributed by atoms with Crippen LogP contribution in [0.25, 0.3) is 0 Å². The zero-order valence-corrected chi connectivity index (χ0v) is 12.4. The van der Waals surface area contributed by atoms with Crippen LogP contribution in [0, 0.1) is 0 Å². The first-order valence-electron chi connectivity index (χ1n) is 5.42. The number of hydrogen-bond acceptors (Lipinski definition) is 3. The van der Waals surface area contributed by atoms with E-state index in [1.54, 1.807) is 12.1 Å². The summed E-state index contributed by atoms with van der Waals surface area (Å²) in [5, 5.41) is 9.23. The van der Waals surface area contributed by atoms with Gasteiger partial charge < -0.3 is 9.84 Å². The van der Waals surface area contributed by atoms with Crippen LogP contribution in [0.2, 0.25) is 10.0 Å². The highest BCUT2D eigenvalue weighted by Gasteiger charge is 2.20. The van der Waals surface area contributed by atoms with Crippen molar-refractivity contribution in [2.45, 2.75) is 29.9 Å². The zero-order chi connectivity index (χ0) is 13.7. The maximum Gasteiger partial charge on any atom is 0.316 e. The lowest BCUT2D eigenvalue weighted by molar-refractivity contribution is -0.136. The van der Waals surface area contributed by atoms with Gasteiger partial charge in [0.05, 0.1) is 12.1 Å². The second-order valence-electron chi connectivity index (χ2n) is 3.63. The van der Waals surface area contributed by atoms with E-state index in [4.69, 9.17) is 33.0 Å². The molecule has 0 aliphatic carbocycles. The molecule has 0 saturated carbocycles. The largest absolute Gasteiger partial charge is 0.495 e. The molecule has 0 aromatic heterocycles. The molecule has 1 aromatic rings. The molecule has 0 aliphatic rings. The van der Waals surface area contributed by atoms with Crippen molar-refractivity contribution in [3.63, 3.8) is 0 Å². The van der Waals surface area contributed by atoms with Gasteiger partial charge in [-0.15, -0.1) is 11.8 Å². The molecule has 6 heteroatoms. The maximum atomic E-state index is 11.1. The summed E-state index contributed by atoms with van der Waals surface area (Å²) in [7, 11) is 1.50. The highest BCUT2D eigenvalue weighted by molar-refractivity contribution is 8.00. The third-order valence-corrected chi connectivity index (χ3v) is 4.62. The molecule has 18 heavy (non-hydrogen) atoms. The highest BCUT2D eigenvalue weighted by Crippen LogP contribution is 2.40. The van der Waals surface area contributed by atoms with Gasteiger partial charge in [0.25, 0.3) is 0 Å². The number of ether oxygens (including phenoxy) is 1. The van der Waals surface area contributed by atoms with Crippen molar-refractivity contribution in [3.8, 4) is 5.75 Å². The first kappa shape index (κ1) is 15.5. The molecular formula is C12H14Cl2O3S. The molecule has 3 nitrogen and oxygen atoms in total. The smallest absolute Gasteiger partial charge is 0.316 e. The summed E-state index contributed by atoms with van der Waals surface area (Å²) in [6.07, 6.45) is 1.38. The standard InChI is InChI=1S/C12H14Cl2O3S/c1-3-4-9(12(15)16)18-8-6-5-7(17-2)10(13)11(8)14/h5-6,9H,3-4H2,1-2H3,(H,15,16). The Balaban J connectivity index is 2.96. The number of benzene rings is 1. The first-order chi connectivity index (χ1) is 8.51. The molecule has 0 radical (unpaired) electrons. The van der Waals surface area contributed by atoms with Gasteiger partial charge in [0.1, 0.15) is 16.0 Å². The lowest BCUT2D eigenvalue weighted by atomic mass is 10.2. The lowest BCUT2D eigenvalue weighted by Gasteiger charge is -2.13. The van der Waals surface area contributed by atoms with E-state index >= 15 is 0 Å². The quantitative estimate of drug-likeness (QED) is 0.794. The molecule has 100 valence electrons. The molecule has 1 unspecified atom stereocenters. The van der Waals surface area contributed by atoms with Crippen molar-refractivity contribution >= 4 is 40.9 Å². The number of aliphatic carboxylic acids is 1. The van der Waals surface area contributed by atoms with Crippen LogP contribution in [0.3, 0.4) is 0 Å². The van der Waals surface area contributed by atoms with Crippen molar-refractivity contribution < 1.29 is 14.6 Å². The Kier molecular flexibility index (Phi) is 6.12. The molecular weight excluding hydrogens is 295 g/mol. The second kappa shape index (κ2) is 7.12. The Morgan fingerprint density at radius 3 is 2.61 bits per heavy atom. The molecule has 0 fully saturated rings. The minimum atomic E-state index is -0.843. The number of halogens is 2. The summed E-state index contributed by atoms with van der Waals surface area (Å²) in [6.45, 7) is 1.94. The highest BCUT2D eigenvalue weighted by atomic mass is 35.5. The number of carboxylic acids is 1. The van der Waals surface area contributed by atoms with Crippen molar-refractivity contribution in [2.24, 2.45) is 0 Å². The van der Waals surface area contributed by atoms with E-state index in [1.807, 2.05) is 6.92 Å². The average Bonchev–Trinajstić information content (AvgIpc) is 2.34. The SMILES string of the molecule is CCCC(Sc1ccc(OC)c(Cl)c1Cl)C(=O)O. The maximum absolute atomic E-state index is 11.1. The molecule has 0 heterocycles. The summed E-state index contributed by atoms with van der Waals surface area (Å²) in [5.41, 5.74) is 0. The third kappa shape index (κ3) is 3.70. The van der Waals surface area contributed by atoms with Crippen LogP contribution in [-0.2, 0) is 4.79 Å². The number of rotatable bonds is 6. The number of methoxy groups -OCH3 is 1. The molecule has 0 bridgehead atoms. The van der Waals surface area contributed by atoms with E-state index in [-0.39, 0.29) is 0 Å². The summed E-state index contributed by atoms with van der Waals surface area (Å²) < 4.78 is 5.04. The second-order valence-corrected chi connectivity index (χ2v) is 5.63. The Bertz CT molecular complexity index is 438. The predicted octanol–water partition coefficient (Wildman–Crippen LogP) is 4.35. The van der Waals surface area contributed by atoms with Gasteiger partial charge in [0, 0.05) is 4.90 Å². The van der Waals surface area contributed by atoms with Crippen LogP contribution in [0.4, 0.5) is 0 Å². The predicted molar refractivity (Wildman–Crippen MR) is 75.2 cm³/mol. The van der Waals surface area contributed by atoms with E-state index in [0.717, 1.165) is 6.42 Å². The van der Waals surface area contributed by atoms with Gasteiger partial charge in [-0.25, -0.2) is 0 Å². The van der Waals surface area contributed by atoms with Gasteiger partial charge in [-0.05, 0) is 18.6 Å². The van der Waals surface area contributed by atoms with E-state index in [1.165, 1.54) is 18.9 Å². The molecule has 0 saturated heterocycles. The van der Waals surface area contributed by atoms with E-state index in [9.17, 15) is 4.79 Å². The number of thioether (sulfide) groups is 1. The molecule has 0 amide bonds. The van der Waals surface area contributed by atoms with Gasteiger partial charge in [-0.3, -0.25) is 4.79 Å². The number of carbonyl (C=O) groups is 1. The van der Waals surface area contributed by atoms with Crippen molar-refractivity contribution in [1.29, 1.82) is 0 Å².